The van der Waals surface area contributed by atoms with Crippen LogP contribution in [-0.4, -0.2) is 42.5 Å². The van der Waals surface area contributed by atoms with Gasteiger partial charge in [0.2, 0.25) is 0 Å². The van der Waals surface area contributed by atoms with Gasteiger partial charge in [-0.25, -0.2) is 4.98 Å². The van der Waals surface area contributed by atoms with Crippen molar-refractivity contribution >= 4 is 17.6 Å². The predicted octanol–water partition coefficient (Wildman–Crippen LogP) is 1.86. The molecule has 0 bridgehead atoms. The summed E-state index contributed by atoms with van der Waals surface area (Å²) in [6.07, 6.45) is 9.31. The Bertz CT molecular complexity index is 564. The van der Waals surface area contributed by atoms with Crippen LogP contribution in [0.3, 0.4) is 0 Å². The molecular weight excluding hydrogens is 316 g/mol. The smallest absolute Gasteiger partial charge is 0.309 e. The third-order valence-electron chi connectivity index (χ3n) is 5.29. The molecule has 1 aliphatic heterocycles. The molecule has 2 heterocycles. The van der Waals surface area contributed by atoms with Crippen LogP contribution in [-0.2, 0) is 9.59 Å². The monoisotopic (exact) mass is 344 g/mol. The molecule has 1 saturated heterocycles. The summed E-state index contributed by atoms with van der Waals surface area (Å²) >= 11 is 0. The summed E-state index contributed by atoms with van der Waals surface area (Å²) in [5, 5.41) is 5.68. The molecule has 1 saturated carbocycles. The van der Waals surface area contributed by atoms with E-state index in [0.29, 0.717) is 12.5 Å². The minimum Gasteiger partial charge on any atom is -0.357 e. The highest BCUT2D eigenvalue weighted by Gasteiger charge is 2.23. The van der Waals surface area contributed by atoms with Gasteiger partial charge in [0, 0.05) is 31.9 Å². The molecule has 2 N–H and O–H groups in total. The molecule has 25 heavy (non-hydrogen) atoms. The normalized spacial score (nSPS) is 19.4. The van der Waals surface area contributed by atoms with Crippen molar-refractivity contribution in [3.05, 3.63) is 24.4 Å². The van der Waals surface area contributed by atoms with Gasteiger partial charge in [0.25, 0.3) is 0 Å². The first kappa shape index (κ1) is 17.7. The Morgan fingerprint density at radius 2 is 1.80 bits per heavy atom. The van der Waals surface area contributed by atoms with Crippen molar-refractivity contribution in [2.24, 2.45) is 5.92 Å². The molecular formula is C19H28N4O2. The number of aromatic nitrogens is 1. The number of anilines is 1. The number of hydrogen-bond acceptors (Lipinski definition) is 4. The summed E-state index contributed by atoms with van der Waals surface area (Å²) < 4.78 is 0. The van der Waals surface area contributed by atoms with Gasteiger partial charge in [0.05, 0.1) is 0 Å². The van der Waals surface area contributed by atoms with Crippen LogP contribution in [0.5, 0.6) is 0 Å². The van der Waals surface area contributed by atoms with E-state index in [1.807, 2.05) is 24.4 Å². The van der Waals surface area contributed by atoms with Gasteiger partial charge in [-0.3, -0.25) is 9.59 Å². The second kappa shape index (κ2) is 8.83. The molecule has 2 amide bonds. The van der Waals surface area contributed by atoms with Crippen molar-refractivity contribution in [1.29, 1.82) is 0 Å². The first-order valence-corrected chi connectivity index (χ1v) is 9.47. The lowest BCUT2D eigenvalue weighted by Crippen LogP contribution is -2.47. The van der Waals surface area contributed by atoms with Crippen LogP contribution in [0.15, 0.2) is 24.4 Å². The molecule has 136 valence electrons. The highest BCUT2D eigenvalue weighted by atomic mass is 16.2. The second-order valence-corrected chi connectivity index (χ2v) is 7.14. The highest BCUT2D eigenvalue weighted by molar-refractivity contribution is 6.35. The topological polar surface area (TPSA) is 74.3 Å². The molecule has 6 heteroatoms. The van der Waals surface area contributed by atoms with E-state index >= 15 is 0 Å². The number of hydrogen-bond donors (Lipinski definition) is 2. The van der Waals surface area contributed by atoms with Crippen molar-refractivity contribution in [2.75, 3.05) is 24.5 Å². The van der Waals surface area contributed by atoms with Gasteiger partial charge in [-0.15, -0.1) is 0 Å². The Hall–Kier alpha value is -2.11. The van der Waals surface area contributed by atoms with E-state index < -0.39 is 11.8 Å². The Kier molecular flexibility index (Phi) is 6.25. The first-order chi connectivity index (χ1) is 12.2. The van der Waals surface area contributed by atoms with E-state index in [9.17, 15) is 9.59 Å². The van der Waals surface area contributed by atoms with Gasteiger partial charge in [0.15, 0.2) is 0 Å². The summed E-state index contributed by atoms with van der Waals surface area (Å²) in [6.45, 7) is 2.45. The molecule has 2 aliphatic rings. The molecule has 1 aromatic heterocycles. The summed E-state index contributed by atoms with van der Waals surface area (Å²) in [6, 6.07) is 6.12. The average Bonchev–Trinajstić information content (AvgIpc) is 2.68. The SMILES string of the molecule is O=C(NCC1CCN(c2ccccn2)CC1)C(=O)NC1CCCCC1. The lowest BCUT2D eigenvalue weighted by atomic mass is 9.95. The van der Waals surface area contributed by atoms with Crippen molar-refractivity contribution in [1.82, 2.24) is 15.6 Å². The first-order valence-electron chi connectivity index (χ1n) is 9.47. The third-order valence-corrected chi connectivity index (χ3v) is 5.29. The van der Waals surface area contributed by atoms with Gasteiger partial charge in [-0.05, 0) is 43.7 Å². The fourth-order valence-electron chi connectivity index (χ4n) is 3.72. The van der Waals surface area contributed by atoms with Crippen LogP contribution in [0.2, 0.25) is 0 Å². The van der Waals surface area contributed by atoms with Gasteiger partial charge < -0.3 is 15.5 Å². The van der Waals surface area contributed by atoms with E-state index in [-0.39, 0.29) is 6.04 Å². The van der Waals surface area contributed by atoms with E-state index in [0.717, 1.165) is 57.4 Å². The maximum absolute atomic E-state index is 12.0. The number of nitrogens with one attached hydrogen (secondary N) is 2. The van der Waals surface area contributed by atoms with Crippen LogP contribution in [0.25, 0.3) is 0 Å². The summed E-state index contributed by atoms with van der Waals surface area (Å²) in [5.41, 5.74) is 0. The second-order valence-electron chi connectivity index (χ2n) is 7.14. The van der Waals surface area contributed by atoms with Crippen LogP contribution in [0.4, 0.5) is 5.82 Å². The quantitative estimate of drug-likeness (QED) is 0.818. The predicted molar refractivity (Wildman–Crippen MR) is 97.2 cm³/mol. The molecule has 6 nitrogen and oxygen atoms in total. The molecule has 0 spiro atoms. The third kappa shape index (κ3) is 5.18. The van der Waals surface area contributed by atoms with E-state index in [2.05, 4.69) is 20.5 Å². The number of nitrogens with zero attached hydrogens (tertiary/aromatic N) is 2. The van der Waals surface area contributed by atoms with Crippen LogP contribution < -0.4 is 15.5 Å². The number of amides is 2. The maximum atomic E-state index is 12.0. The Balaban J connectivity index is 1.36. The van der Waals surface area contributed by atoms with E-state index in [1.165, 1.54) is 6.42 Å². The molecule has 0 radical (unpaired) electrons. The van der Waals surface area contributed by atoms with E-state index in [1.54, 1.807) is 0 Å². The Labute approximate surface area is 149 Å². The Morgan fingerprint density at radius 3 is 2.48 bits per heavy atom. The van der Waals surface area contributed by atoms with Crippen molar-refractivity contribution in [3.8, 4) is 0 Å². The molecule has 1 aliphatic carbocycles. The zero-order chi connectivity index (χ0) is 17.5. The number of carbonyl (C=O) groups excluding carboxylic acids is 2. The van der Waals surface area contributed by atoms with Gasteiger partial charge in [-0.2, -0.15) is 0 Å². The van der Waals surface area contributed by atoms with Gasteiger partial charge >= 0.3 is 11.8 Å². The summed E-state index contributed by atoms with van der Waals surface area (Å²) in [4.78, 5) is 30.6. The number of rotatable bonds is 4. The summed E-state index contributed by atoms with van der Waals surface area (Å²) in [7, 11) is 0. The zero-order valence-corrected chi connectivity index (χ0v) is 14.7. The number of piperidine rings is 1. The van der Waals surface area contributed by atoms with E-state index in [4.69, 9.17) is 0 Å². The summed E-state index contributed by atoms with van der Waals surface area (Å²) in [5.74, 6) is 0.471. The lowest BCUT2D eigenvalue weighted by Gasteiger charge is -2.32. The highest BCUT2D eigenvalue weighted by Crippen LogP contribution is 2.21. The van der Waals surface area contributed by atoms with Crippen LogP contribution in [0, 0.1) is 5.92 Å². The lowest BCUT2D eigenvalue weighted by molar-refractivity contribution is -0.139. The van der Waals surface area contributed by atoms with Crippen molar-refractivity contribution in [2.45, 2.75) is 51.0 Å². The molecule has 0 unspecified atom stereocenters. The number of pyridine rings is 1. The molecule has 1 aromatic rings. The molecule has 0 atom stereocenters. The molecule has 2 fully saturated rings. The minimum atomic E-state index is -0.488. The fourth-order valence-corrected chi connectivity index (χ4v) is 3.72. The van der Waals surface area contributed by atoms with Crippen LogP contribution in [0.1, 0.15) is 44.9 Å². The zero-order valence-electron chi connectivity index (χ0n) is 14.7. The standard InChI is InChI=1S/C19H28N4O2/c24-18(19(25)22-16-6-2-1-3-7-16)21-14-15-9-12-23(13-10-15)17-8-4-5-11-20-17/h4-5,8,11,15-16H,1-3,6-7,9-10,12-14H2,(H,21,24)(H,22,25). The van der Waals surface area contributed by atoms with Crippen molar-refractivity contribution < 1.29 is 9.59 Å². The van der Waals surface area contributed by atoms with Crippen LogP contribution >= 0.6 is 0 Å². The minimum absolute atomic E-state index is 0.175. The Morgan fingerprint density at radius 1 is 1.04 bits per heavy atom. The number of carbonyl (C=O) groups is 2. The molecule has 3 rings (SSSR count). The molecule has 0 aromatic carbocycles. The van der Waals surface area contributed by atoms with Crippen molar-refractivity contribution in [3.63, 3.8) is 0 Å². The van der Waals surface area contributed by atoms with Gasteiger partial charge in [-0.1, -0.05) is 25.3 Å². The largest absolute Gasteiger partial charge is 0.357 e. The average molecular weight is 344 g/mol. The fraction of sp³-hybridized carbons (Fsp3) is 0.632. The maximum Gasteiger partial charge on any atom is 0.309 e. The van der Waals surface area contributed by atoms with Gasteiger partial charge in [0.1, 0.15) is 5.82 Å².